The molecule has 0 unspecified atom stereocenters. The van der Waals surface area contributed by atoms with Crippen molar-refractivity contribution < 1.29 is 0 Å². The molecule has 4 rings (SSSR count). The van der Waals surface area contributed by atoms with Crippen molar-refractivity contribution in [3.63, 3.8) is 0 Å². The minimum atomic E-state index is 0.536. The van der Waals surface area contributed by atoms with Crippen molar-refractivity contribution in [1.82, 2.24) is 29.9 Å². The van der Waals surface area contributed by atoms with Gasteiger partial charge in [0.1, 0.15) is 0 Å². The van der Waals surface area contributed by atoms with Crippen LogP contribution < -0.4 is 5.32 Å². The fourth-order valence-corrected chi connectivity index (χ4v) is 2.72. The van der Waals surface area contributed by atoms with Gasteiger partial charge in [-0.05, 0) is 12.5 Å². The summed E-state index contributed by atoms with van der Waals surface area (Å²) in [5.74, 6) is 0.536. The van der Waals surface area contributed by atoms with Gasteiger partial charge >= 0.3 is 0 Å². The topological polar surface area (TPSA) is 84.3 Å². The predicted molar refractivity (Wildman–Crippen MR) is 92.2 cm³/mol. The lowest BCUT2D eigenvalue weighted by molar-refractivity contribution is 0.756. The maximum atomic E-state index is 4.69. The molecule has 0 amide bonds. The zero-order chi connectivity index (χ0) is 16.5. The summed E-state index contributed by atoms with van der Waals surface area (Å²) in [6.45, 7) is 1.95. The third-order valence-corrected chi connectivity index (χ3v) is 3.86. The molecule has 120 valence electrons. The van der Waals surface area contributed by atoms with Crippen molar-refractivity contribution in [2.24, 2.45) is 7.05 Å². The van der Waals surface area contributed by atoms with E-state index in [0.717, 1.165) is 34.5 Å². The molecule has 24 heavy (non-hydrogen) atoms. The number of anilines is 2. The van der Waals surface area contributed by atoms with Gasteiger partial charge in [-0.1, -0.05) is 30.3 Å². The van der Waals surface area contributed by atoms with Crippen molar-refractivity contribution >= 4 is 22.7 Å². The van der Waals surface area contributed by atoms with Crippen molar-refractivity contribution in [3.8, 4) is 0 Å². The second-order valence-electron chi connectivity index (χ2n) is 5.72. The molecule has 0 atom stereocenters. The molecule has 0 saturated carbocycles. The van der Waals surface area contributed by atoms with Gasteiger partial charge in [-0.3, -0.25) is 9.78 Å². The van der Waals surface area contributed by atoms with Crippen LogP contribution in [0.4, 0.5) is 11.6 Å². The van der Waals surface area contributed by atoms with Crippen molar-refractivity contribution in [3.05, 3.63) is 59.7 Å². The number of H-pyrrole nitrogens is 1. The third-order valence-electron chi connectivity index (χ3n) is 3.86. The number of hydrogen-bond acceptors (Lipinski definition) is 5. The molecule has 0 spiro atoms. The molecule has 0 bridgehead atoms. The van der Waals surface area contributed by atoms with E-state index in [9.17, 15) is 0 Å². The van der Waals surface area contributed by atoms with E-state index in [2.05, 4.69) is 37.7 Å². The molecule has 1 aromatic carbocycles. The van der Waals surface area contributed by atoms with Gasteiger partial charge < -0.3 is 5.32 Å². The molecule has 2 N–H and O–H groups in total. The van der Waals surface area contributed by atoms with Crippen LogP contribution in [0.25, 0.3) is 11.0 Å². The van der Waals surface area contributed by atoms with Gasteiger partial charge in [0.25, 0.3) is 0 Å². The first-order valence-electron chi connectivity index (χ1n) is 7.70. The van der Waals surface area contributed by atoms with Crippen LogP contribution in [-0.4, -0.2) is 29.9 Å². The number of benzene rings is 1. The first-order chi connectivity index (χ1) is 11.7. The molecule has 7 nitrogen and oxygen atoms in total. The highest BCUT2D eigenvalue weighted by atomic mass is 15.3. The number of hydrogen-bond donors (Lipinski definition) is 2. The maximum Gasteiger partial charge on any atom is 0.229 e. The standard InChI is InChI=1S/C17H17N7/c1-11-15(10-24(2)23-11)20-17-19-14(8-12-6-4-3-5-7-12)13-9-18-22-16(13)21-17/h3-7,9-10H,8H2,1-2H3,(H2,18,19,20,21,22). The smallest absolute Gasteiger partial charge is 0.229 e. The number of aryl methyl sites for hydroxylation is 2. The van der Waals surface area contributed by atoms with E-state index in [-0.39, 0.29) is 0 Å². The second kappa shape index (κ2) is 5.77. The minimum Gasteiger partial charge on any atom is -0.321 e. The summed E-state index contributed by atoms with van der Waals surface area (Å²) in [7, 11) is 1.89. The van der Waals surface area contributed by atoms with E-state index in [1.54, 1.807) is 10.9 Å². The fraction of sp³-hybridized carbons (Fsp3) is 0.176. The average molecular weight is 319 g/mol. The number of aromatic amines is 1. The Kier molecular flexibility index (Phi) is 3.45. The summed E-state index contributed by atoms with van der Waals surface area (Å²) in [4.78, 5) is 9.20. The number of nitrogens with one attached hydrogen (secondary N) is 2. The second-order valence-corrected chi connectivity index (χ2v) is 5.72. The number of aromatic nitrogens is 6. The van der Waals surface area contributed by atoms with Gasteiger partial charge in [-0.2, -0.15) is 15.2 Å². The van der Waals surface area contributed by atoms with Crippen molar-refractivity contribution in [2.75, 3.05) is 5.32 Å². The molecule has 0 radical (unpaired) electrons. The van der Waals surface area contributed by atoms with Crippen LogP contribution in [0.1, 0.15) is 17.0 Å². The van der Waals surface area contributed by atoms with Gasteiger partial charge in [0.05, 0.1) is 28.7 Å². The molecule has 0 fully saturated rings. The fourth-order valence-electron chi connectivity index (χ4n) is 2.72. The van der Waals surface area contributed by atoms with Gasteiger partial charge in [0.2, 0.25) is 5.95 Å². The predicted octanol–water partition coefficient (Wildman–Crippen LogP) is 2.73. The number of nitrogens with zero attached hydrogens (tertiary/aromatic N) is 5. The molecule has 7 heteroatoms. The number of rotatable bonds is 4. The molecule has 0 aliphatic rings. The molecule has 0 aliphatic heterocycles. The monoisotopic (exact) mass is 319 g/mol. The summed E-state index contributed by atoms with van der Waals surface area (Å²) in [5.41, 5.74) is 4.64. The van der Waals surface area contributed by atoms with Crippen LogP contribution in [0.15, 0.2) is 42.7 Å². The Bertz CT molecular complexity index is 985. The molecule has 4 aromatic rings. The molecule has 3 aromatic heterocycles. The summed E-state index contributed by atoms with van der Waals surface area (Å²) in [5, 5.41) is 15.5. The van der Waals surface area contributed by atoms with E-state index < -0.39 is 0 Å². The van der Waals surface area contributed by atoms with Crippen LogP contribution in [0.2, 0.25) is 0 Å². The Labute approximate surface area is 138 Å². The molecule has 0 saturated heterocycles. The Hall–Kier alpha value is -3.22. The van der Waals surface area contributed by atoms with E-state index in [0.29, 0.717) is 5.95 Å². The summed E-state index contributed by atoms with van der Waals surface area (Å²) < 4.78 is 1.76. The van der Waals surface area contributed by atoms with Gasteiger partial charge in [-0.25, -0.2) is 4.98 Å². The first-order valence-corrected chi connectivity index (χ1v) is 7.70. The minimum absolute atomic E-state index is 0.536. The quantitative estimate of drug-likeness (QED) is 0.604. The third kappa shape index (κ3) is 2.71. The lowest BCUT2D eigenvalue weighted by atomic mass is 10.1. The number of fused-ring (bicyclic) bond motifs is 1. The van der Waals surface area contributed by atoms with Crippen LogP contribution in [0, 0.1) is 6.92 Å². The first kappa shape index (κ1) is 14.4. The lowest BCUT2D eigenvalue weighted by Crippen LogP contribution is -2.02. The normalized spacial score (nSPS) is 11.1. The van der Waals surface area contributed by atoms with Gasteiger partial charge in [0, 0.05) is 19.7 Å². The average Bonchev–Trinajstić information content (AvgIpc) is 3.15. The van der Waals surface area contributed by atoms with Gasteiger partial charge in [0.15, 0.2) is 5.65 Å². The highest BCUT2D eigenvalue weighted by molar-refractivity contribution is 5.78. The Balaban J connectivity index is 1.73. The van der Waals surface area contributed by atoms with E-state index in [4.69, 9.17) is 4.98 Å². The maximum absolute atomic E-state index is 4.69. The zero-order valence-electron chi connectivity index (χ0n) is 13.5. The molecule has 3 heterocycles. The molecular weight excluding hydrogens is 302 g/mol. The zero-order valence-corrected chi connectivity index (χ0v) is 13.5. The molecular formula is C17H17N7. The van der Waals surface area contributed by atoms with Crippen LogP contribution in [0.3, 0.4) is 0 Å². The highest BCUT2D eigenvalue weighted by Gasteiger charge is 2.12. The van der Waals surface area contributed by atoms with Crippen LogP contribution in [-0.2, 0) is 13.5 Å². The van der Waals surface area contributed by atoms with Crippen molar-refractivity contribution in [2.45, 2.75) is 13.3 Å². The SMILES string of the molecule is Cc1nn(C)cc1Nc1nc(Cc2ccccc2)c2cn[nH]c2n1. The highest BCUT2D eigenvalue weighted by Crippen LogP contribution is 2.22. The van der Waals surface area contributed by atoms with E-state index in [1.165, 1.54) is 5.56 Å². The molecule has 0 aliphatic carbocycles. The van der Waals surface area contributed by atoms with Gasteiger partial charge in [-0.15, -0.1) is 0 Å². The Morgan fingerprint density at radius 2 is 2.00 bits per heavy atom. The largest absolute Gasteiger partial charge is 0.321 e. The summed E-state index contributed by atoms with van der Waals surface area (Å²) >= 11 is 0. The van der Waals surface area contributed by atoms with Crippen LogP contribution >= 0.6 is 0 Å². The summed E-state index contributed by atoms with van der Waals surface area (Å²) in [6, 6.07) is 10.2. The summed E-state index contributed by atoms with van der Waals surface area (Å²) in [6.07, 6.45) is 4.40. The Morgan fingerprint density at radius 1 is 1.17 bits per heavy atom. The van der Waals surface area contributed by atoms with Crippen molar-refractivity contribution in [1.29, 1.82) is 0 Å². The Morgan fingerprint density at radius 3 is 2.75 bits per heavy atom. The van der Waals surface area contributed by atoms with E-state index >= 15 is 0 Å². The van der Waals surface area contributed by atoms with E-state index in [1.807, 2.05) is 38.4 Å². The van der Waals surface area contributed by atoms with Crippen LogP contribution in [0.5, 0.6) is 0 Å². The lowest BCUT2D eigenvalue weighted by Gasteiger charge is -2.07.